The summed E-state index contributed by atoms with van der Waals surface area (Å²) in [4.78, 5) is 23.4. The quantitative estimate of drug-likeness (QED) is 0.278. The van der Waals surface area contributed by atoms with Gasteiger partial charge in [0.1, 0.15) is 0 Å². The van der Waals surface area contributed by atoms with Crippen LogP contribution in [-0.4, -0.2) is 34.8 Å². The van der Waals surface area contributed by atoms with Gasteiger partial charge in [0.2, 0.25) is 0 Å². The number of hydrogen-bond donors (Lipinski definition) is 1. The van der Waals surface area contributed by atoms with Gasteiger partial charge in [0.15, 0.2) is 9.84 Å². The average molecular weight is 633 g/mol. The van der Waals surface area contributed by atoms with E-state index in [1.807, 2.05) is 0 Å². The van der Waals surface area contributed by atoms with Crippen LogP contribution in [0.3, 0.4) is 0 Å². The number of halogens is 3. The lowest BCUT2D eigenvalue weighted by atomic mass is 10.1. The number of benzene rings is 2. The zero-order valence-corrected chi connectivity index (χ0v) is 24.3. The van der Waals surface area contributed by atoms with Crippen LogP contribution < -0.4 is 5.69 Å². The highest BCUT2D eigenvalue weighted by Gasteiger charge is 2.54. The minimum absolute atomic E-state index is 0.0340. The van der Waals surface area contributed by atoms with Gasteiger partial charge >= 0.3 is 18.9 Å². The fourth-order valence-electron chi connectivity index (χ4n) is 3.99. The van der Waals surface area contributed by atoms with Gasteiger partial charge in [0, 0.05) is 28.5 Å². The average Bonchev–Trinajstić information content (AvgIpc) is 3.63. The van der Waals surface area contributed by atoms with Crippen molar-refractivity contribution in [2.75, 3.05) is 6.26 Å². The van der Waals surface area contributed by atoms with E-state index in [0.29, 0.717) is 16.8 Å². The van der Waals surface area contributed by atoms with E-state index in [1.54, 1.807) is 29.8 Å². The molecule has 0 saturated heterocycles. The molecule has 3 aromatic rings. The Morgan fingerprint density at radius 3 is 2.37 bits per heavy atom. The van der Waals surface area contributed by atoms with E-state index < -0.39 is 34.8 Å². The van der Waals surface area contributed by atoms with Crippen LogP contribution in [0.5, 0.6) is 0 Å². The van der Waals surface area contributed by atoms with Crippen LogP contribution in [0.1, 0.15) is 50.3 Å². The van der Waals surface area contributed by atoms with Gasteiger partial charge in [-0.15, -0.1) is 0 Å². The summed E-state index contributed by atoms with van der Waals surface area (Å²) < 4.78 is 74.0. The molecule has 13 heteroatoms. The SMILES string of the molecule is CCC(C)OP(=O)(O)C(F)(F)c1ccc(Cn2c(-c3ccc(S(C)(=O)=O)cc3)cn(C3CC3)c2=O)cc1Br. The van der Waals surface area contributed by atoms with Gasteiger partial charge in [-0.1, -0.05) is 47.1 Å². The summed E-state index contributed by atoms with van der Waals surface area (Å²) in [5.74, 6) is 0. The van der Waals surface area contributed by atoms with Crippen molar-refractivity contribution in [3.63, 3.8) is 0 Å². The van der Waals surface area contributed by atoms with E-state index in [-0.39, 0.29) is 34.1 Å². The molecule has 1 aliphatic rings. The van der Waals surface area contributed by atoms with Crippen LogP contribution >= 0.6 is 23.5 Å². The predicted molar refractivity (Wildman–Crippen MR) is 143 cm³/mol. The molecule has 38 heavy (non-hydrogen) atoms. The lowest BCUT2D eigenvalue weighted by Gasteiger charge is -2.25. The summed E-state index contributed by atoms with van der Waals surface area (Å²) >= 11 is 3.10. The molecule has 0 bridgehead atoms. The van der Waals surface area contributed by atoms with E-state index >= 15 is 8.78 Å². The normalized spacial score (nSPS) is 16.8. The lowest BCUT2D eigenvalue weighted by Crippen LogP contribution is -2.24. The van der Waals surface area contributed by atoms with Gasteiger partial charge in [-0.25, -0.2) is 13.2 Å². The van der Waals surface area contributed by atoms with Crippen LogP contribution in [0.2, 0.25) is 0 Å². The second-order valence-corrected chi connectivity index (χ2v) is 14.2. The maximum absolute atomic E-state index is 15.0. The third-order valence-corrected chi connectivity index (χ3v) is 9.85. The predicted octanol–water partition coefficient (Wildman–Crippen LogP) is 5.92. The van der Waals surface area contributed by atoms with Crippen LogP contribution in [-0.2, 0) is 31.1 Å². The standard InChI is InChI=1S/C25H28BrF2N2O6PS/c1-4-16(2)36-37(32,33)25(27,28)21-12-5-17(13-22(21)26)14-30-23(15-29(24(30)31)19-8-9-19)18-6-10-20(11-7-18)38(3,34)35/h5-7,10-13,15-16,19H,4,8-9,14H2,1-3H3,(H,32,33). The first-order chi connectivity index (χ1) is 17.7. The molecule has 2 atom stereocenters. The van der Waals surface area contributed by atoms with Crippen LogP contribution in [0.4, 0.5) is 8.78 Å². The van der Waals surface area contributed by atoms with Gasteiger partial charge in [0.25, 0.3) is 0 Å². The minimum atomic E-state index is -5.34. The highest BCUT2D eigenvalue weighted by atomic mass is 79.9. The first-order valence-corrected chi connectivity index (χ1v) is 16.2. The molecular weight excluding hydrogens is 605 g/mol. The number of hydrogen-bond acceptors (Lipinski definition) is 5. The molecule has 0 aliphatic heterocycles. The molecule has 0 spiro atoms. The Kier molecular flexibility index (Phi) is 7.95. The van der Waals surface area contributed by atoms with E-state index in [4.69, 9.17) is 4.52 Å². The summed E-state index contributed by atoms with van der Waals surface area (Å²) in [6.07, 6.45) is 4.02. The number of sulfone groups is 1. The second-order valence-electron chi connectivity index (χ2n) is 9.52. The van der Waals surface area contributed by atoms with E-state index in [2.05, 4.69) is 15.9 Å². The van der Waals surface area contributed by atoms with Crippen molar-refractivity contribution in [1.82, 2.24) is 9.13 Å². The molecule has 1 fully saturated rings. The van der Waals surface area contributed by atoms with Crippen LogP contribution in [0.25, 0.3) is 11.3 Å². The third kappa shape index (κ3) is 5.74. The zero-order valence-electron chi connectivity index (χ0n) is 21.0. The van der Waals surface area contributed by atoms with Crippen molar-refractivity contribution < 1.29 is 31.2 Å². The summed E-state index contributed by atoms with van der Waals surface area (Å²) in [6, 6.07) is 10.1. The molecule has 1 aliphatic carbocycles. The molecular formula is C25H28BrF2N2O6PS. The summed E-state index contributed by atoms with van der Waals surface area (Å²) in [5.41, 5.74) is -3.46. The molecule has 1 aromatic heterocycles. The van der Waals surface area contributed by atoms with Gasteiger partial charge in [-0.3, -0.25) is 13.7 Å². The molecule has 1 saturated carbocycles. The number of aromatic nitrogens is 2. The van der Waals surface area contributed by atoms with Crippen LogP contribution in [0.15, 0.2) is 62.8 Å². The fourth-order valence-corrected chi connectivity index (χ4v) is 6.72. The Bertz CT molecular complexity index is 1570. The Balaban J connectivity index is 1.70. The second kappa shape index (κ2) is 10.5. The first kappa shape index (κ1) is 28.9. The maximum atomic E-state index is 15.0. The van der Waals surface area contributed by atoms with E-state index in [0.717, 1.165) is 25.2 Å². The minimum Gasteiger partial charge on any atom is -0.320 e. The third-order valence-electron chi connectivity index (χ3n) is 6.47. The smallest absolute Gasteiger partial charge is 0.320 e. The van der Waals surface area contributed by atoms with Crippen molar-refractivity contribution in [2.45, 2.75) is 62.4 Å². The topological polar surface area (TPSA) is 108 Å². The Hall–Kier alpha value is -2.11. The van der Waals surface area contributed by atoms with Gasteiger partial charge in [-0.2, -0.15) is 8.78 Å². The molecule has 4 rings (SSSR count). The highest BCUT2D eigenvalue weighted by Crippen LogP contribution is 2.64. The number of rotatable bonds is 10. The van der Waals surface area contributed by atoms with Crippen LogP contribution in [0, 0.1) is 0 Å². The van der Waals surface area contributed by atoms with E-state index in [1.165, 1.54) is 35.8 Å². The summed E-state index contributed by atoms with van der Waals surface area (Å²) in [5, 5.41) is 0. The monoisotopic (exact) mass is 632 g/mol. The Labute approximate surface area is 227 Å². The van der Waals surface area contributed by atoms with Crippen molar-refractivity contribution in [1.29, 1.82) is 0 Å². The van der Waals surface area contributed by atoms with Gasteiger partial charge < -0.3 is 9.42 Å². The molecule has 2 aromatic carbocycles. The van der Waals surface area contributed by atoms with E-state index in [9.17, 15) is 22.7 Å². The number of alkyl halides is 2. The van der Waals surface area contributed by atoms with Gasteiger partial charge in [0.05, 0.1) is 23.2 Å². The molecule has 0 radical (unpaired) electrons. The van der Waals surface area contributed by atoms with Crippen molar-refractivity contribution in [3.8, 4) is 11.3 Å². The van der Waals surface area contributed by atoms with Crippen molar-refractivity contribution in [2.24, 2.45) is 0 Å². The van der Waals surface area contributed by atoms with Gasteiger partial charge in [-0.05, 0) is 55.5 Å². The lowest BCUT2D eigenvalue weighted by molar-refractivity contribution is 0.0341. The molecule has 1 N–H and O–H groups in total. The number of nitrogens with zero attached hydrogens (tertiary/aromatic N) is 2. The molecule has 0 amide bonds. The zero-order chi connectivity index (χ0) is 28.0. The summed E-state index contributed by atoms with van der Waals surface area (Å²) in [6.45, 7) is 3.13. The fraction of sp³-hybridized carbons (Fsp3) is 0.400. The Morgan fingerprint density at radius 2 is 1.84 bits per heavy atom. The Morgan fingerprint density at radius 1 is 1.21 bits per heavy atom. The highest BCUT2D eigenvalue weighted by molar-refractivity contribution is 9.10. The molecule has 8 nitrogen and oxygen atoms in total. The first-order valence-electron chi connectivity index (χ1n) is 12.0. The molecule has 1 heterocycles. The molecule has 2 unspecified atom stereocenters. The number of imidazole rings is 1. The largest absolute Gasteiger partial charge is 0.402 e. The van der Waals surface area contributed by atoms with Crippen molar-refractivity contribution in [3.05, 3.63) is 74.7 Å². The summed E-state index contributed by atoms with van der Waals surface area (Å²) in [7, 11) is -8.73. The van der Waals surface area contributed by atoms with Crippen molar-refractivity contribution >= 4 is 33.4 Å². The molecule has 206 valence electrons. The maximum Gasteiger partial charge on any atom is 0.402 e.